The van der Waals surface area contributed by atoms with Crippen molar-refractivity contribution < 1.29 is 19.1 Å². The van der Waals surface area contributed by atoms with Crippen molar-refractivity contribution in [2.24, 2.45) is 0 Å². The molecule has 1 aromatic rings. The number of hydrogen-bond donors (Lipinski definition) is 2. The fraction of sp³-hybridized carbons (Fsp3) is 0.375. The quantitative estimate of drug-likeness (QED) is 0.616. The predicted molar refractivity (Wildman–Crippen MR) is 82.7 cm³/mol. The third-order valence-corrected chi connectivity index (χ3v) is 3.20. The zero-order valence-electron chi connectivity index (χ0n) is 12.3. The lowest BCUT2D eigenvalue weighted by Crippen LogP contribution is -2.39. The molecule has 118 valence electrons. The molecule has 0 aliphatic carbocycles. The van der Waals surface area contributed by atoms with Crippen molar-refractivity contribution in [2.45, 2.75) is 18.9 Å². The lowest BCUT2D eigenvalue weighted by atomic mass is 10.2. The normalized spacial score (nSPS) is 16.8. The zero-order valence-corrected chi connectivity index (χ0v) is 12.3. The van der Waals surface area contributed by atoms with Crippen LogP contribution in [0.1, 0.15) is 12.8 Å². The first-order chi connectivity index (χ1) is 10.7. The highest BCUT2D eigenvalue weighted by atomic mass is 16.5. The van der Waals surface area contributed by atoms with E-state index in [0.717, 1.165) is 12.8 Å². The molecule has 2 amide bonds. The number of hydrogen-bond acceptors (Lipinski definition) is 4. The van der Waals surface area contributed by atoms with E-state index in [2.05, 4.69) is 17.2 Å². The van der Waals surface area contributed by atoms with E-state index in [1.807, 2.05) is 0 Å². The Morgan fingerprint density at radius 2 is 2.09 bits per heavy atom. The minimum absolute atomic E-state index is 0.0121. The van der Waals surface area contributed by atoms with E-state index < -0.39 is 11.8 Å². The molecule has 6 nitrogen and oxygen atoms in total. The molecule has 1 saturated heterocycles. The SMILES string of the molecule is C=CCOc1ccc(NC(=O)C(=O)NC[C@@H]2CCCO2)cc1. The summed E-state index contributed by atoms with van der Waals surface area (Å²) in [7, 11) is 0. The molecule has 22 heavy (non-hydrogen) atoms. The van der Waals surface area contributed by atoms with E-state index in [-0.39, 0.29) is 6.10 Å². The predicted octanol–water partition coefficient (Wildman–Crippen LogP) is 1.49. The molecule has 1 aliphatic heterocycles. The maximum Gasteiger partial charge on any atom is 0.313 e. The van der Waals surface area contributed by atoms with Crippen LogP contribution in [0.3, 0.4) is 0 Å². The first kappa shape index (κ1) is 16.0. The summed E-state index contributed by atoms with van der Waals surface area (Å²) < 4.78 is 10.7. The molecular formula is C16H20N2O4. The molecule has 0 unspecified atom stereocenters. The minimum atomic E-state index is -0.697. The van der Waals surface area contributed by atoms with Crippen molar-refractivity contribution in [1.29, 1.82) is 0 Å². The van der Waals surface area contributed by atoms with Gasteiger partial charge in [-0.1, -0.05) is 12.7 Å². The van der Waals surface area contributed by atoms with Crippen molar-refractivity contribution in [3.8, 4) is 5.75 Å². The molecule has 0 bridgehead atoms. The van der Waals surface area contributed by atoms with E-state index in [1.54, 1.807) is 30.3 Å². The molecule has 2 rings (SSSR count). The molecule has 0 saturated carbocycles. The summed E-state index contributed by atoms with van der Waals surface area (Å²) in [4.78, 5) is 23.5. The maximum atomic E-state index is 11.8. The van der Waals surface area contributed by atoms with Crippen LogP contribution in [0.5, 0.6) is 5.75 Å². The summed E-state index contributed by atoms with van der Waals surface area (Å²) in [6, 6.07) is 6.76. The van der Waals surface area contributed by atoms with Crippen molar-refractivity contribution in [1.82, 2.24) is 5.32 Å². The number of rotatable bonds is 6. The molecule has 6 heteroatoms. The molecular weight excluding hydrogens is 284 g/mol. The van der Waals surface area contributed by atoms with Gasteiger partial charge < -0.3 is 20.1 Å². The maximum absolute atomic E-state index is 11.8. The second kappa shape index (κ2) is 8.19. The average molecular weight is 304 g/mol. The standard InChI is InChI=1S/C16H20N2O4/c1-2-9-21-13-7-5-12(6-8-13)18-16(20)15(19)17-11-14-4-3-10-22-14/h2,5-8,14H,1,3-4,9-11H2,(H,17,19)(H,18,20)/t14-/m0/s1. The minimum Gasteiger partial charge on any atom is -0.490 e. The van der Waals surface area contributed by atoms with E-state index >= 15 is 0 Å². The first-order valence-corrected chi connectivity index (χ1v) is 7.23. The Balaban J connectivity index is 1.77. The highest BCUT2D eigenvalue weighted by Crippen LogP contribution is 2.15. The molecule has 1 aromatic carbocycles. The summed E-state index contributed by atoms with van der Waals surface area (Å²) in [6.07, 6.45) is 3.56. The average Bonchev–Trinajstić information content (AvgIpc) is 3.05. The molecule has 0 radical (unpaired) electrons. The van der Waals surface area contributed by atoms with Gasteiger partial charge >= 0.3 is 11.8 Å². The van der Waals surface area contributed by atoms with Gasteiger partial charge in [0.15, 0.2) is 0 Å². The van der Waals surface area contributed by atoms with E-state index in [1.165, 1.54) is 0 Å². The number of carbonyl (C=O) groups is 2. The largest absolute Gasteiger partial charge is 0.490 e. The number of ether oxygens (including phenoxy) is 2. The smallest absolute Gasteiger partial charge is 0.313 e. The Bertz CT molecular complexity index is 521. The first-order valence-electron chi connectivity index (χ1n) is 7.23. The Kier molecular flexibility index (Phi) is 5.97. The highest BCUT2D eigenvalue weighted by molar-refractivity contribution is 6.39. The van der Waals surface area contributed by atoms with Crippen molar-refractivity contribution in [3.63, 3.8) is 0 Å². The summed E-state index contributed by atoms with van der Waals surface area (Å²) in [5.41, 5.74) is 0.531. The fourth-order valence-corrected chi connectivity index (χ4v) is 2.07. The third-order valence-electron chi connectivity index (χ3n) is 3.20. The Morgan fingerprint density at radius 1 is 1.32 bits per heavy atom. The highest BCUT2D eigenvalue weighted by Gasteiger charge is 2.19. The van der Waals surface area contributed by atoms with Gasteiger partial charge in [-0.3, -0.25) is 9.59 Å². The summed E-state index contributed by atoms with van der Waals surface area (Å²) in [5.74, 6) is -0.694. The van der Waals surface area contributed by atoms with Crippen molar-refractivity contribution in [2.75, 3.05) is 25.1 Å². The molecule has 1 fully saturated rings. The molecule has 2 N–H and O–H groups in total. The van der Waals surface area contributed by atoms with Gasteiger partial charge in [-0.25, -0.2) is 0 Å². The molecule has 1 atom stereocenters. The summed E-state index contributed by atoms with van der Waals surface area (Å²) >= 11 is 0. The van der Waals surface area contributed by atoms with Gasteiger partial charge in [0.1, 0.15) is 12.4 Å². The van der Waals surface area contributed by atoms with Crippen LogP contribution in [-0.4, -0.2) is 37.7 Å². The number of benzene rings is 1. The molecule has 1 aliphatic rings. The van der Waals surface area contributed by atoms with Crippen LogP contribution in [-0.2, 0) is 14.3 Å². The van der Waals surface area contributed by atoms with Gasteiger partial charge in [-0.05, 0) is 37.1 Å². The van der Waals surface area contributed by atoms with E-state index in [9.17, 15) is 9.59 Å². The zero-order chi connectivity index (χ0) is 15.8. The van der Waals surface area contributed by atoms with E-state index in [4.69, 9.17) is 9.47 Å². The number of carbonyl (C=O) groups excluding carboxylic acids is 2. The van der Waals surface area contributed by atoms with Crippen LogP contribution in [0.25, 0.3) is 0 Å². The van der Waals surface area contributed by atoms with E-state index in [0.29, 0.717) is 31.2 Å². The Hall–Kier alpha value is -2.34. The van der Waals surface area contributed by atoms with Crippen LogP contribution in [0.15, 0.2) is 36.9 Å². The topological polar surface area (TPSA) is 76.7 Å². The van der Waals surface area contributed by atoms with Crippen LogP contribution < -0.4 is 15.4 Å². The van der Waals surface area contributed by atoms with Gasteiger partial charge in [-0.15, -0.1) is 0 Å². The van der Waals surface area contributed by atoms with Gasteiger partial charge in [0.2, 0.25) is 0 Å². The fourth-order valence-electron chi connectivity index (χ4n) is 2.07. The monoisotopic (exact) mass is 304 g/mol. The van der Waals surface area contributed by atoms with Gasteiger partial charge in [0, 0.05) is 18.8 Å². The van der Waals surface area contributed by atoms with Gasteiger partial charge in [0.05, 0.1) is 6.10 Å². The molecule has 0 spiro atoms. The van der Waals surface area contributed by atoms with Crippen LogP contribution >= 0.6 is 0 Å². The second-order valence-corrected chi connectivity index (χ2v) is 4.92. The summed E-state index contributed by atoms with van der Waals surface area (Å²) in [6.45, 7) is 5.05. The lowest BCUT2D eigenvalue weighted by molar-refractivity contribution is -0.136. The van der Waals surface area contributed by atoms with Crippen molar-refractivity contribution >= 4 is 17.5 Å². The van der Waals surface area contributed by atoms with Crippen LogP contribution in [0, 0.1) is 0 Å². The third kappa shape index (κ3) is 4.89. The lowest BCUT2D eigenvalue weighted by Gasteiger charge is -2.11. The van der Waals surface area contributed by atoms with Crippen LogP contribution in [0.2, 0.25) is 0 Å². The number of anilines is 1. The van der Waals surface area contributed by atoms with Crippen LogP contribution in [0.4, 0.5) is 5.69 Å². The summed E-state index contributed by atoms with van der Waals surface area (Å²) in [5, 5.41) is 5.11. The number of nitrogens with one attached hydrogen (secondary N) is 2. The van der Waals surface area contributed by atoms with Gasteiger partial charge in [-0.2, -0.15) is 0 Å². The van der Waals surface area contributed by atoms with Crippen molar-refractivity contribution in [3.05, 3.63) is 36.9 Å². The molecule has 0 aromatic heterocycles. The number of amides is 2. The second-order valence-electron chi connectivity index (χ2n) is 4.92. The Labute approximate surface area is 129 Å². The molecule has 1 heterocycles. The van der Waals surface area contributed by atoms with Gasteiger partial charge in [0.25, 0.3) is 0 Å². The Morgan fingerprint density at radius 3 is 2.73 bits per heavy atom.